The molecule has 0 saturated carbocycles. The highest BCUT2D eigenvalue weighted by Gasteiger charge is 2.00. The third kappa shape index (κ3) is 11.7. The Bertz CT molecular complexity index is 163. The summed E-state index contributed by atoms with van der Waals surface area (Å²) in [6.07, 6.45) is 4.49. The lowest BCUT2D eigenvalue weighted by atomic mass is 10.2. The van der Waals surface area contributed by atoms with E-state index < -0.39 is 0 Å². The third-order valence-corrected chi connectivity index (χ3v) is 2.64. The average Bonchev–Trinajstić information content (AvgIpc) is 2.20. The number of carbonyl (C=O) groups excluding carboxylic acids is 1. The molecule has 0 aromatic carbocycles. The minimum Gasteiger partial charge on any atom is -0.355 e. The Kier molecular flexibility index (Phi) is 10.2. The fourth-order valence-corrected chi connectivity index (χ4v) is 1.57. The first-order valence-electron chi connectivity index (χ1n) is 5.63. The highest BCUT2D eigenvalue weighted by Crippen LogP contribution is 1.97. The molecule has 2 N–H and O–H groups in total. The molecular formula is C11H24N2OS. The van der Waals surface area contributed by atoms with Crippen molar-refractivity contribution in [1.29, 1.82) is 0 Å². The molecular weight excluding hydrogens is 208 g/mol. The molecule has 0 radical (unpaired) electrons. The molecule has 0 aliphatic carbocycles. The van der Waals surface area contributed by atoms with E-state index in [9.17, 15) is 4.79 Å². The van der Waals surface area contributed by atoms with Crippen LogP contribution in [0.4, 0.5) is 0 Å². The molecule has 0 aromatic heterocycles. The quantitative estimate of drug-likeness (QED) is 0.592. The van der Waals surface area contributed by atoms with Crippen LogP contribution in [0.3, 0.4) is 0 Å². The molecule has 4 heteroatoms. The Labute approximate surface area is 97.8 Å². The van der Waals surface area contributed by atoms with Gasteiger partial charge < -0.3 is 10.6 Å². The molecule has 0 aromatic rings. The molecule has 90 valence electrons. The van der Waals surface area contributed by atoms with Crippen molar-refractivity contribution in [2.75, 3.05) is 31.6 Å². The topological polar surface area (TPSA) is 41.1 Å². The molecule has 0 fully saturated rings. The van der Waals surface area contributed by atoms with Gasteiger partial charge in [-0.05, 0) is 37.3 Å². The maximum atomic E-state index is 11.3. The van der Waals surface area contributed by atoms with Gasteiger partial charge in [0.15, 0.2) is 0 Å². The lowest BCUT2D eigenvalue weighted by molar-refractivity contribution is -0.120. The zero-order valence-corrected chi connectivity index (χ0v) is 11.0. The van der Waals surface area contributed by atoms with Crippen LogP contribution in [0.5, 0.6) is 0 Å². The zero-order valence-electron chi connectivity index (χ0n) is 10.1. The first-order valence-corrected chi connectivity index (χ1v) is 7.02. The Balaban J connectivity index is 3.17. The summed E-state index contributed by atoms with van der Waals surface area (Å²) in [5, 5.41) is 6.03. The smallest absolute Gasteiger partial charge is 0.233 e. The van der Waals surface area contributed by atoms with E-state index in [0.29, 0.717) is 12.5 Å². The van der Waals surface area contributed by atoms with E-state index in [1.54, 1.807) is 0 Å². The number of amides is 1. The molecule has 0 rings (SSSR count). The highest BCUT2D eigenvalue weighted by atomic mass is 32.2. The third-order valence-electron chi connectivity index (χ3n) is 1.95. The largest absolute Gasteiger partial charge is 0.355 e. The molecule has 3 nitrogen and oxygen atoms in total. The van der Waals surface area contributed by atoms with Gasteiger partial charge in [-0.2, -0.15) is 11.8 Å². The van der Waals surface area contributed by atoms with Crippen molar-refractivity contribution in [3.8, 4) is 0 Å². The van der Waals surface area contributed by atoms with Crippen LogP contribution in [0.25, 0.3) is 0 Å². The summed E-state index contributed by atoms with van der Waals surface area (Å²) in [6, 6.07) is 0. The number of carbonyl (C=O) groups is 1. The Hall–Kier alpha value is -0.220. The fourth-order valence-electron chi connectivity index (χ4n) is 1.08. The second-order valence-electron chi connectivity index (χ2n) is 4.07. The van der Waals surface area contributed by atoms with E-state index in [-0.39, 0.29) is 5.91 Å². The Morgan fingerprint density at radius 1 is 1.33 bits per heavy atom. The van der Waals surface area contributed by atoms with Crippen molar-refractivity contribution in [3.05, 3.63) is 0 Å². The van der Waals surface area contributed by atoms with Gasteiger partial charge in [0.25, 0.3) is 0 Å². The van der Waals surface area contributed by atoms with Gasteiger partial charge in [0.05, 0.1) is 6.54 Å². The summed E-state index contributed by atoms with van der Waals surface area (Å²) >= 11 is 1.87. The Morgan fingerprint density at radius 2 is 2.07 bits per heavy atom. The summed E-state index contributed by atoms with van der Waals surface area (Å²) in [5.74, 6) is 1.84. The van der Waals surface area contributed by atoms with Crippen LogP contribution in [-0.4, -0.2) is 37.6 Å². The van der Waals surface area contributed by atoms with E-state index in [2.05, 4.69) is 30.7 Å². The summed E-state index contributed by atoms with van der Waals surface area (Å²) in [7, 11) is 0. The molecule has 0 aliphatic heterocycles. The van der Waals surface area contributed by atoms with Gasteiger partial charge in [0.1, 0.15) is 0 Å². The average molecular weight is 232 g/mol. The molecule has 1 amide bonds. The van der Waals surface area contributed by atoms with Gasteiger partial charge in [0.2, 0.25) is 5.91 Å². The summed E-state index contributed by atoms with van der Waals surface area (Å²) in [6.45, 7) is 6.35. The molecule has 0 unspecified atom stereocenters. The van der Waals surface area contributed by atoms with Gasteiger partial charge >= 0.3 is 0 Å². The van der Waals surface area contributed by atoms with Crippen LogP contribution in [0, 0.1) is 5.92 Å². The summed E-state index contributed by atoms with van der Waals surface area (Å²) in [4.78, 5) is 11.3. The maximum absolute atomic E-state index is 11.3. The summed E-state index contributed by atoms with van der Waals surface area (Å²) < 4.78 is 0. The van der Waals surface area contributed by atoms with Crippen molar-refractivity contribution in [3.63, 3.8) is 0 Å². The van der Waals surface area contributed by atoms with Gasteiger partial charge in [-0.3, -0.25) is 4.79 Å². The number of hydrogen-bond donors (Lipinski definition) is 2. The van der Waals surface area contributed by atoms with Crippen LogP contribution < -0.4 is 10.6 Å². The molecule has 0 aliphatic rings. The van der Waals surface area contributed by atoms with Crippen molar-refractivity contribution in [2.24, 2.45) is 5.92 Å². The second-order valence-corrected chi connectivity index (χ2v) is 5.06. The summed E-state index contributed by atoms with van der Waals surface area (Å²) in [5.41, 5.74) is 0. The monoisotopic (exact) mass is 232 g/mol. The standard InChI is InChI=1S/C11H24N2OS/c1-10(2)8-13-11(14)9-12-6-4-5-7-15-3/h10,12H,4-9H2,1-3H3,(H,13,14). The predicted molar refractivity (Wildman–Crippen MR) is 68.3 cm³/mol. The Morgan fingerprint density at radius 3 is 2.67 bits per heavy atom. The number of rotatable bonds is 9. The highest BCUT2D eigenvalue weighted by molar-refractivity contribution is 7.98. The van der Waals surface area contributed by atoms with Gasteiger partial charge in [0, 0.05) is 6.54 Å². The van der Waals surface area contributed by atoms with Crippen LogP contribution in [0.2, 0.25) is 0 Å². The van der Waals surface area contributed by atoms with E-state index in [1.165, 1.54) is 12.2 Å². The second kappa shape index (κ2) is 10.3. The van der Waals surface area contributed by atoms with Crippen molar-refractivity contribution < 1.29 is 4.79 Å². The van der Waals surface area contributed by atoms with E-state index in [1.807, 2.05) is 11.8 Å². The normalized spacial score (nSPS) is 10.7. The number of thioether (sulfide) groups is 1. The van der Waals surface area contributed by atoms with E-state index >= 15 is 0 Å². The first kappa shape index (κ1) is 14.8. The molecule has 0 bridgehead atoms. The van der Waals surface area contributed by atoms with Crippen LogP contribution in [-0.2, 0) is 4.79 Å². The number of unbranched alkanes of at least 4 members (excludes halogenated alkanes) is 1. The molecule has 0 saturated heterocycles. The van der Waals surface area contributed by atoms with Gasteiger partial charge in [-0.25, -0.2) is 0 Å². The van der Waals surface area contributed by atoms with Gasteiger partial charge in [-0.15, -0.1) is 0 Å². The van der Waals surface area contributed by atoms with E-state index in [0.717, 1.165) is 19.5 Å². The lowest BCUT2D eigenvalue weighted by Gasteiger charge is -2.08. The number of nitrogens with one attached hydrogen (secondary N) is 2. The van der Waals surface area contributed by atoms with Crippen LogP contribution in [0.1, 0.15) is 26.7 Å². The van der Waals surface area contributed by atoms with Crippen molar-refractivity contribution in [1.82, 2.24) is 10.6 Å². The van der Waals surface area contributed by atoms with Gasteiger partial charge in [-0.1, -0.05) is 13.8 Å². The molecule has 0 spiro atoms. The van der Waals surface area contributed by atoms with E-state index in [4.69, 9.17) is 0 Å². The minimum atomic E-state index is 0.105. The fraction of sp³-hybridized carbons (Fsp3) is 0.909. The SMILES string of the molecule is CSCCCCNCC(=O)NCC(C)C. The molecule has 0 heterocycles. The van der Waals surface area contributed by atoms with Crippen LogP contribution >= 0.6 is 11.8 Å². The molecule has 0 atom stereocenters. The number of hydrogen-bond acceptors (Lipinski definition) is 3. The molecule has 15 heavy (non-hydrogen) atoms. The van der Waals surface area contributed by atoms with Crippen LogP contribution in [0.15, 0.2) is 0 Å². The zero-order chi connectivity index (χ0) is 11.5. The van der Waals surface area contributed by atoms with Crippen molar-refractivity contribution in [2.45, 2.75) is 26.7 Å². The first-order chi connectivity index (χ1) is 7.16. The lowest BCUT2D eigenvalue weighted by Crippen LogP contribution is -2.36. The predicted octanol–water partition coefficient (Wildman–Crippen LogP) is 1.49. The van der Waals surface area contributed by atoms with Crippen molar-refractivity contribution >= 4 is 17.7 Å². The minimum absolute atomic E-state index is 0.105. The maximum Gasteiger partial charge on any atom is 0.233 e.